The van der Waals surface area contributed by atoms with Crippen molar-refractivity contribution in [1.29, 1.82) is 0 Å². The van der Waals surface area contributed by atoms with E-state index in [0.717, 1.165) is 31.0 Å². The molecule has 1 rings (SSSR count). The molecule has 104 valence electrons. The lowest BCUT2D eigenvalue weighted by atomic mass is 9.98. The zero-order valence-corrected chi connectivity index (χ0v) is 12.8. The van der Waals surface area contributed by atoms with E-state index in [1.807, 2.05) is 4.68 Å². The normalized spacial score (nSPS) is 13.2. The summed E-state index contributed by atoms with van der Waals surface area (Å²) in [6, 6.07) is 0.557. The van der Waals surface area contributed by atoms with Gasteiger partial charge >= 0.3 is 0 Å². The lowest BCUT2D eigenvalue weighted by Gasteiger charge is -2.22. The Bertz CT molecular complexity index is 347. The molecule has 1 unspecified atom stereocenters. The Morgan fingerprint density at radius 2 is 2.11 bits per heavy atom. The highest BCUT2D eigenvalue weighted by atomic mass is 35.5. The molecule has 0 saturated heterocycles. The number of hydrogen-bond donors (Lipinski definition) is 1. The number of hydrogen-bond acceptors (Lipinski definition) is 2. The number of nitrogens with one attached hydrogen (secondary N) is 1. The molecule has 0 saturated carbocycles. The second-order valence-corrected chi connectivity index (χ2v) is 5.51. The maximum atomic E-state index is 6.19. The fraction of sp³-hybridized carbons (Fsp3) is 0.786. The van der Waals surface area contributed by atoms with Gasteiger partial charge in [0.1, 0.15) is 0 Å². The Hall–Kier alpha value is -0.540. The predicted octanol–water partition coefficient (Wildman–Crippen LogP) is 3.51. The van der Waals surface area contributed by atoms with Gasteiger partial charge in [-0.2, -0.15) is 5.10 Å². The molecular weight excluding hydrogens is 246 g/mol. The summed E-state index contributed by atoms with van der Waals surface area (Å²) in [5.41, 5.74) is 1.17. The van der Waals surface area contributed by atoms with Crippen LogP contribution in [-0.2, 0) is 13.0 Å². The molecule has 0 aliphatic carbocycles. The summed E-state index contributed by atoms with van der Waals surface area (Å²) < 4.78 is 2.00. The van der Waals surface area contributed by atoms with Crippen molar-refractivity contribution in [1.82, 2.24) is 15.1 Å². The smallest absolute Gasteiger partial charge is 0.0817 e. The number of rotatable bonds is 8. The van der Waals surface area contributed by atoms with Crippen LogP contribution >= 0.6 is 11.6 Å². The molecule has 0 aliphatic heterocycles. The third kappa shape index (κ3) is 4.29. The summed E-state index contributed by atoms with van der Waals surface area (Å²) in [6.45, 7) is 10.8. The summed E-state index contributed by atoms with van der Waals surface area (Å²) >= 11 is 6.19. The molecule has 0 radical (unpaired) electrons. The van der Waals surface area contributed by atoms with Crippen LogP contribution in [0.2, 0.25) is 5.02 Å². The molecule has 1 heterocycles. The molecule has 3 nitrogen and oxygen atoms in total. The van der Waals surface area contributed by atoms with Crippen molar-refractivity contribution in [3.05, 3.63) is 16.9 Å². The molecule has 0 fully saturated rings. The SMILES string of the molecule is CCCNC(CCc1c(Cl)cnn1CC)C(C)C. The first-order chi connectivity index (χ1) is 8.60. The van der Waals surface area contributed by atoms with Crippen molar-refractivity contribution in [3.63, 3.8) is 0 Å². The number of aromatic nitrogens is 2. The van der Waals surface area contributed by atoms with Gasteiger partial charge < -0.3 is 5.32 Å². The van der Waals surface area contributed by atoms with Gasteiger partial charge in [-0.1, -0.05) is 32.4 Å². The van der Waals surface area contributed by atoms with E-state index in [4.69, 9.17) is 11.6 Å². The minimum absolute atomic E-state index is 0.557. The van der Waals surface area contributed by atoms with Gasteiger partial charge in [-0.25, -0.2) is 0 Å². The van der Waals surface area contributed by atoms with Gasteiger partial charge in [-0.05, 0) is 38.6 Å². The topological polar surface area (TPSA) is 29.9 Å². The lowest BCUT2D eigenvalue weighted by Crippen LogP contribution is -2.35. The van der Waals surface area contributed by atoms with Crippen LogP contribution in [0, 0.1) is 5.92 Å². The molecule has 0 bridgehead atoms. The van der Waals surface area contributed by atoms with Crippen molar-refractivity contribution in [2.45, 2.75) is 59.5 Å². The van der Waals surface area contributed by atoms with E-state index >= 15 is 0 Å². The molecule has 4 heteroatoms. The molecule has 0 aliphatic rings. The minimum Gasteiger partial charge on any atom is -0.314 e. The van der Waals surface area contributed by atoms with E-state index in [1.165, 1.54) is 12.1 Å². The number of aryl methyl sites for hydroxylation is 1. The van der Waals surface area contributed by atoms with Crippen LogP contribution in [0.3, 0.4) is 0 Å². The van der Waals surface area contributed by atoms with Gasteiger partial charge in [0, 0.05) is 12.6 Å². The second-order valence-electron chi connectivity index (χ2n) is 5.10. The van der Waals surface area contributed by atoms with Crippen molar-refractivity contribution in [2.24, 2.45) is 5.92 Å². The van der Waals surface area contributed by atoms with Crippen molar-refractivity contribution in [3.8, 4) is 0 Å². The highest BCUT2D eigenvalue weighted by Gasteiger charge is 2.15. The van der Waals surface area contributed by atoms with Gasteiger partial charge in [0.05, 0.1) is 16.9 Å². The molecule has 18 heavy (non-hydrogen) atoms. The zero-order chi connectivity index (χ0) is 13.5. The van der Waals surface area contributed by atoms with Crippen LogP contribution in [0.4, 0.5) is 0 Å². The first-order valence-electron chi connectivity index (χ1n) is 7.03. The van der Waals surface area contributed by atoms with E-state index < -0.39 is 0 Å². The highest BCUT2D eigenvalue weighted by Crippen LogP contribution is 2.19. The van der Waals surface area contributed by atoms with Crippen LogP contribution in [0.25, 0.3) is 0 Å². The fourth-order valence-corrected chi connectivity index (χ4v) is 2.44. The van der Waals surface area contributed by atoms with Crippen molar-refractivity contribution in [2.75, 3.05) is 6.54 Å². The van der Waals surface area contributed by atoms with E-state index in [-0.39, 0.29) is 0 Å². The molecule has 1 atom stereocenters. The fourth-order valence-electron chi connectivity index (χ4n) is 2.20. The average molecular weight is 272 g/mol. The minimum atomic E-state index is 0.557. The standard InChI is InChI=1S/C14H26ClN3/c1-5-9-16-13(11(3)4)7-8-14-12(15)10-17-18(14)6-2/h10-11,13,16H,5-9H2,1-4H3. The van der Waals surface area contributed by atoms with E-state index in [1.54, 1.807) is 6.20 Å². The maximum absolute atomic E-state index is 6.19. The van der Waals surface area contributed by atoms with Crippen LogP contribution in [-0.4, -0.2) is 22.4 Å². The quantitative estimate of drug-likeness (QED) is 0.784. The summed E-state index contributed by atoms with van der Waals surface area (Å²) in [6.07, 6.45) is 5.04. The molecule has 1 N–H and O–H groups in total. The third-order valence-corrected chi connectivity index (χ3v) is 3.67. The largest absolute Gasteiger partial charge is 0.314 e. The highest BCUT2D eigenvalue weighted by molar-refractivity contribution is 6.31. The van der Waals surface area contributed by atoms with Crippen molar-refractivity contribution < 1.29 is 0 Å². The van der Waals surface area contributed by atoms with Gasteiger partial charge in [-0.3, -0.25) is 4.68 Å². The second kappa shape index (κ2) is 7.80. The van der Waals surface area contributed by atoms with E-state index in [0.29, 0.717) is 12.0 Å². The van der Waals surface area contributed by atoms with E-state index in [2.05, 4.69) is 38.1 Å². The monoisotopic (exact) mass is 271 g/mol. The molecule has 1 aromatic heterocycles. The zero-order valence-electron chi connectivity index (χ0n) is 12.0. The van der Waals surface area contributed by atoms with E-state index in [9.17, 15) is 0 Å². The Morgan fingerprint density at radius 3 is 2.67 bits per heavy atom. The molecule has 0 amide bonds. The van der Waals surface area contributed by atoms with Gasteiger partial charge in [0.2, 0.25) is 0 Å². The van der Waals surface area contributed by atoms with Gasteiger partial charge in [0.25, 0.3) is 0 Å². The first kappa shape index (κ1) is 15.5. The number of halogens is 1. The van der Waals surface area contributed by atoms with Crippen molar-refractivity contribution >= 4 is 11.6 Å². The Kier molecular flexibility index (Phi) is 6.72. The summed E-state index contributed by atoms with van der Waals surface area (Å²) in [5.74, 6) is 0.647. The average Bonchev–Trinajstić information content (AvgIpc) is 2.70. The Balaban J connectivity index is 2.57. The molecular formula is C14H26ClN3. The van der Waals surface area contributed by atoms with Crippen LogP contribution in [0.5, 0.6) is 0 Å². The Morgan fingerprint density at radius 1 is 1.39 bits per heavy atom. The number of nitrogens with zero attached hydrogens (tertiary/aromatic N) is 2. The van der Waals surface area contributed by atoms with Gasteiger partial charge in [0.15, 0.2) is 0 Å². The predicted molar refractivity (Wildman–Crippen MR) is 78.2 cm³/mol. The lowest BCUT2D eigenvalue weighted by molar-refractivity contribution is 0.374. The third-order valence-electron chi connectivity index (χ3n) is 3.35. The van der Waals surface area contributed by atoms with Crippen LogP contribution < -0.4 is 5.32 Å². The summed E-state index contributed by atoms with van der Waals surface area (Å²) in [5, 5.41) is 8.70. The van der Waals surface area contributed by atoms with Crippen LogP contribution in [0.15, 0.2) is 6.20 Å². The maximum Gasteiger partial charge on any atom is 0.0817 e. The molecule has 1 aromatic rings. The summed E-state index contributed by atoms with van der Waals surface area (Å²) in [4.78, 5) is 0. The molecule has 0 aromatic carbocycles. The van der Waals surface area contributed by atoms with Gasteiger partial charge in [-0.15, -0.1) is 0 Å². The van der Waals surface area contributed by atoms with Crippen LogP contribution in [0.1, 0.15) is 46.2 Å². The summed E-state index contributed by atoms with van der Waals surface area (Å²) in [7, 11) is 0. The Labute approximate surface area is 116 Å². The molecule has 0 spiro atoms. The first-order valence-corrected chi connectivity index (χ1v) is 7.41.